The van der Waals surface area contributed by atoms with Gasteiger partial charge in [-0.1, -0.05) is 48.0 Å². The van der Waals surface area contributed by atoms with E-state index in [1.165, 1.54) is 18.8 Å². The molecule has 0 unspecified atom stereocenters. The summed E-state index contributed by atoms with van der Waals surface area (Å²) in [6, 6.07) is 15.6. The zero-order valence-electron chi connectivity index (χ0n) is 15.8. The van der Waals surface area contributed by atoms with Crippen molar-refractivity contribution in [3.8, 4) is 0 Å². The number of hydrogen-bond acceptors (Lipinski definition) is 5. The van der Waals surface area contributed by atoms with Crippen LogP contribution in [-0.2, 0) is 25.3 Å². The molecule has 0 aliphatic carbocycles. The summed E-state index contributed by atoms with van der Waals surface area (Å²) >= 11 is 1.50. The summed E-state index contributed by atoms with van der Waals surface area (Å²) in [5.41, 5.74) is 2.09. The molecule has 0 saturated carbocycles. The molecule has 27 heavy (non-hydrogen) atoms. The second-order valence-corrected chi connectivity index (χ2v) is 9.13. The normalized spacial score (nSPS) is 12.7. The fourth-order valence-electron chi connectivity index (χ4n) is 2.47. The van der Waals surface area contributed by atoms with E-state index in [0.717, 1.165) is 15.4 Å². The van der Waals surface area contributed by atoms with Gasteiger partial charge in [0.1, 0.15) is 6.04 Å². The molecule has 146 valence electrons. The maximum absolute atomic E-state index is 12.9. The molecular formula is C20H25NO4S2. The molecule has 2 aromatic rings. The van der Waals surface area contributed by atoms with E-state index in [0.29, 0.717) is 11.5 Å². The Morgan fingerprint density at radius 3 is 2.33 bits per heavy atom. The molecule has 0 aliphatic rings. The summed E-state index contributed by atoms with van der Waals surface area (Å²) in [5, 5.41) is 0. The molecule has 0 heterocycles. The number of carbonyl (C=O) groups is 1. The molecule has 1 atom stereocenters. The van der Waals surface area contributed by atoms with Crippen molar-refractivity contribution in [1.82, 2.24) is 4.31 Å². The van der Waals surface area contributed by atoms with Gasteiger partial charge in [0.2, 0.25) is 10.0 Å². The van der Waals surface area contributed by atoms with Gasteiger partial charge in [0.25, 0.3) is 0 Å². The van der Waals surface area contributed by atoms with Crippen molar-refractivity contribution in [1.29, 1.82) is 0 Å². The average molecular weight is 408 g/mol. The van der Waals surface area contributed by atoms with Crippen molar-refractivity contribution in [2.45, 2.75) is 30.5 Å². The quantitative estimate of drug-likeness (QED) is 0.596. The maximum atomic E-state index is 12.9. The molecular weight excluding hydrogens is 382 g/mol. The standard InChI is InChI=1S/C20H25NO4S2/c1-4-25-20(22)19(15-26-14-17-8-6-5-7-9-17)21(3)27(23,24)18-12-10-16(2)11-13-18/h5-13,19H,4,14-15H2,1-3H3/t19-/m0/s1. The lowest BCUT2D eigenvalue weighted by molar-refractivity contribution is -0.146. The first-order valence-electron chi connectivity index (χ1n) is 8.69. The van der Waals surface area contributed by atoms with Crippen molar-refractivity contribution in [2.24, 2.45) is 0 Å². The number of benzene rings is 2. The second kappa shape index (κ2) is 9.92. The van der Waals surface area contributed by atoms with E-state index in [-0.39, 0.29) is 11.5 Å². The highest BCUT2D eigenvalue weighted by molar-refractivity contribution is 7.98. The SMILES string of the molecule is CCOC(=O)[C@H](CSCc1ccccc1)N(C)S(=O)(=O)c1ccc(C)cc1. The van der Waals surface area contributed by atoms with E-state index in [4.69, 9.17) is 4.74 Å². The summed E-state index contributed by atoms with van der Waals surface area (Å²) in [6.45, 7) is 3.80. The largest absolute Gasteiger partial charge is 0.465 e. The van der Waals surface area contributed by atoms with Crippen molar-refractivity contribution < 1.29 is 17.9 Å². The number of thioether (sulfide) groups is 1. The predicted octanol–water partition coefficient (Wildman–Crippen LogP) is 3.48. The molecule has 7 heteroatoms. The number of sulfonamides is 1. The van der Waals surface area contributed by atoms with Gasteiger partial charge in [-0.25, -0.2) is 8.42 Å². The summed E-state index contributed by atoms with van der Waals surface area (Å²) in [5.74, 6) is 0.473. The smallest absolute Gasteiger partial charge is 0.325 e. The molecule has 0 aromatic heterocycles. The number of aryl methyl sites for hydroxylation is 1. The van der Waals surface area contributed by atoms with Gasteiger partial charge in [-0.15, -0.1) is 0 Å². The van der Waals surface area contributed by atoms with Gasteiger partial charge in [0.15, 0.2) is 0 Å². The summed E-state index contributed by atoms with van der Waals surface area (Å²) in [7, 11) is -2.36. The number of rotatable bonds is 9. The van der Waals surface area contributed by atoms with Gasteiger partial charge in [0.05, 0.1) is 11.5 Å². The highest BCUT2D eigenvalue weighted by Gasteiger charge is 2.33. The molecule has 0 spiro atoms. The molecule has 0 fully saturated rings. The lowest BCUT2D eigenvalue weighted by atomic mass is 10.2. The van der Waals surface area contributed by atoms with Gasteiger partial charge < -0.3 is 4.74 Å². The Morgan fingerprint density at radius 2 is 1.74 bits per heavy atom. The van der Waals surface area contributed by atoms with Crippen LogP contribution in [0.2, 0.25) is 0 Å². The third-order valence-electron chi connectivity index (χ3n) is 4.08. The summed E-state index contributed by atoms with van der Waals surface area (Å²) in [6.07, 6.45) is 0. The Balaban J connectivity index is 2.16. The minimum Gasteiger partial charge on any atom is -0.465 e. The van der Waals surface area contributed by atoms with Crippen LogP contribution in [0.1, 0.15) is 18.1 Å². The Morgan fingerprint density at radius 1 is 1.11 bits per heavy atom. The third kappa shape index (κ3) is 5.82. The number of nitrogens with zero attached hydrogens (tertiary/aromatic N) is 1. The number of carbonyl (C=O) groups excluding carboxylic acids is 1. The van der Waals surface area contributed by atoms with E-state index in [1.807, 2.05) is 37.3 Å². The number of esters is 1. The first-order valence-corrected chi connectivity index (χ1v) is 11.3. The Labute approximate surface area is 165 Å². The lowest BCUT2D eigenvalue weighted by Gasteiger charge is -2.25. The van der Waals surface area contributed by atoms with Gasteiger partial charge in [-0.3, -0.25) is 4.79 Å². The van der Waals surface area contributed by atoms with E-state index in [9.17, 15) is 13.2 Å². The number of likely N-dealkylation sites (N-methyl/N-ethyl adjacent to an activating group) is 1. The van der Waals surface area contributed by atoms with Crippen molar-refractivity contribution in [3.05, 3.63) is 65.7 Å². The molecule has 0 radical (unpaired) electrons. The molecule has 2 rings (SSSR count). The van der Waals surface area contributed by atoms with Crippen LogP contribution < -0.4 is 0 Å². The van der Waals surface area contributed by atoms with Crippen LogP contribution >= 0.6 is 11.8 Å². The predicted molar refractivity (Wildman–Crippen MR) is 109 cm³/mol. The van der Waals surface area contributed by atoms with Crippen LogP contribution in [0.3, 0.4) is 0 Å². The van der Waals surface area contributed by atoms with Crippen LogP contribution in [0.4, 0.5) is 0 Å². The Bertz CT molecular complexity index is 836. The van der Waals surface area contributed by atoms with Crippen molar-refractivity contribution in [3.63, 3.8) is 0 Å². The minimum atomic E-state index is -3.79. The van der Waals surface area contributed by atoms with Gasteiger partial charge in [-0.05, 0) is 31.5 Å². The maximum Gasteiger partial charge on any atom is 0.325 e. The van der Waals surface area contributed by atoms with E-state index in [1.54, 1.807) is 31.2 Å². The van der Waals surface area contributed by atoms with Crippen LogP contribution in [-0.4, -0.2) is 44.1 Å². The van der Waals surface area contributed by atoms with Crippen LogP contribution in [0, 0.1) is 6.92 Å². The Kier molecular flexibility index (Phi) is 7.89. The second-order valence-electron chi connectivity index (χ2n) is 6.10. The topological polar surface area (TPSA) is 63.7 Å². The van der Waals surface area contributed by atoms with Crippen LogP contribution in [0.5, 0.6) is 0 Å². The van der Waals surface area contributed by atoms with E-state index >= 15 is 0 Å². The number of hydrogen-bond donors (Lipinski definition) is 0. The lowest BCUT2D eigenvalue weighted by Crippen LogP contribution is -2.45. The monoisotopic (exact) mass is 407 g/mol. The fourth-order valence-corrected chi connectivity index (χ4v) is 5.00. The van der Waals surface area contributed by atoms with Gasteiger partial charge in [-0.2, -0.15) is 16.1 Å². The molecule has 2 aromatic carbocycles. The molecule has 0 N–H and O–H groups in total. The highest BCUT2D eigenvalue weighted by Crippen LogP contribution is 2.22. The summed E-state index contributed by atoms with van der Waals surface area (Å²) < 4.78 is 32.1. The van der Waals surface area contributed by atoms with E-state index < -0.39 is 22.0 Å². The minimum absolute atomic E-state index is 0.165. The van der Waals surface area contributed by atoms with Crippen molar-refractivity contribution >= 4 is 27.8 Å². The molecule has 0 saturated heterocycles. The zero-order valence-corrected chi connectivity index (χ0v) is 17.4. The molecule has 0 amide bonds. The van der Waals surface area contributed by atoms with Crippen LogP contribution in [0.15, 0.2) is 59.5 Å². The zero-order chi connectivity index (χ0) is 19.9. The molecule has 0 aliphatic heterocycles. The first-order chi connectivity index (χ1) is 12.9. The first kappa shape index (κ1) is 21.5. The summed E-state index contributed by atoms with van der Waals surface area (Å²) in [4.78, 5) is 12.6. The Hall–Kier alpha value is -1.83. The van der Waals surface area contributed by atoms with Gasteiger partial charge in [0, 0.05) is 18.6 Å². The fraction of sp³-hybridized carbons (Fsp3) is 0.350. The average Bonchev–Trinajstić information content (AvgIpc) is 2.66. The van der Waals surface area contributed by atoms with Gasteiger partial charge >= 0.3 is 5.97 Å². The van der Waals surface area contributed by atoms with Crippen molar-refractivity contribution in [2.75, 3.05) is 19.4 Å². The third-order valence-corrected chi connectivity index (χ3v) is 7.05. The van der Waals surface area contributed by atoms with E-state index in [2.05, 4.69) is 0 Å². The molecule has 5 nitrogen and oxygen atoms in total. The molecule has 0 bridgehead atoms. The number of ether oxygens (including phenoxy) is 1. The highest BCUT2D eigenvalue weighted by atomic mass is 32.2. The van der Waals surface area contributed by atoms with Crippen LogP contribution in [0.25, 0.3) is 0 Å².